The van der Waals surface area contributed by atoms with E-state index in [1.807, 2.05) is 0 Å². The van der Waals surface area contributed by atoms with Gasteiger partial charge in [0.2, 0.25) is 0 Å². The van der Waals surface area contributed by atoms with Gasteiger partial charge in [-0.15, -0.1) is 0 Å². The maximum Gasteiger partial charge on any atom is 0.160 e. The standard InChI is InChI=1S/C13H19N3O/c1-9-10-8-14-7-4-11(10)16-12(15-9)13(17-2)5-3-6-13/h14H,3-8H2,1-2H3. The molecule has 2 heterocycles. The van der Waals surface area contributed by atoms with Crippen molar-refractivity contribution in [3.05, 3.63) is 22.8 Å². The van der Waals surface area contributed by atoms with Gasteiger partial charge in [0.1, 0.15) is 5.60 Å². The predicted molar refractivity (Wildman–Crippen MR) is 64.7 cm³/mol. The van der Waals surface area contributed by atoms with Gasteiger partial charge >= 0.3 is 0 Å². The van der Waals surface area contributed by atoms with Crippen molar-refractivity contribution >= 4 is 0 Å². The van der Waals surface area contributed by atoms with E-state index >= 15 is 0 Å². The van der Waals surface area contributed by atoms with Gasteiger partial charge in [0.25, 0.3) is 0 Å². The van der Waals surface area contributed by atoms with Gasteiger partial charge in [-0.3, -0.25) is 0 Å². The number of hydrogen-bond acceptors (Lipinski definition) is 4. The molecule has 1 aromatic heterocycles. The number of ether oxygens (including phenoxy) is 1. The molecule has 4 heteroatoms. The van der Waals surface area contributed by atoms with Crippen molar-refractivity contribution in [3.8, 4) is 0 Å². The lowest BCUT2D eigenvalue weighted by Crippen LogP contribution is -2.39. The summed E-state index contributed by atoms with van der Waals surface area (Å²) in [5, 5.41) is 3.37. The minimum absolute atomic E-state index is 0.190. The third-order valence-corrected chi connectivity index (χ3v) is 4.10. The second-order valence-electron chi connectivity index (χ2n) is 5.04. The van der Waals surface area contributed by atoms with Gasteiger partial charge in [0.05, 0.1) is 5.69 Å². The smallest absolute Gasteiger partial charge is 0.160 e. The molecule has 17 heavy (non-hydrogen) atoms. The highest BCUT2D eigenvalue weighted by Gasteiger charge is 2.42. The van der Waals surface area contributed by atoms with E-state index in [0.717, 1.165) is 43.9 Å². The van der Waals surface area contributed by atoms with Crippen molar-refractivity contribution in [2.75, 3.05) is 13.7 Å². The third-order valence-electron chi connectivity index (χ3n) is 4.10. The van der Waals surface area contributed by atoms with Crippen LogP contribution in [-0.2, 0) is 23.3 Å². The van der Waals surface area contributed by atoms with Gasteiger partial charge in [-0.05, 0) is 26.2 Å². The van der Waals surface area contributed by atoms with Crippen molar-refractivity contribution in [1.82, 2.24) is 15.3 Å². The average Bonchev–Trinajstić information content (AvgIpc) is 2.28. The Labute approximate surface area is 102 Å². The van der Waals surface area contributed by atoms with Crippen LogP contribution in [0, 0.1) is 6.92 Å². The summed E-state index contributed by atoms with van der Waals surface area (Å²) in [4.78, 5) is 9.44. The SMILES string of the molecule is COC1(c2nc(C)c3c(n2)CCNC3)CCC1. The third kappa shape index (κ3) is 1.67. The second-order valence-corrected chi connectivity index (χ2v) is 5.04. The minimum Gasteiger partial charge on any atom is -0.370 e. The Hall–Kier alpha value is -1.00. The molecular formula is C13H19N3O. The molecule has 0 radical (unpaired) electrons. The molecule has 92 valence electrons. The molecule has 3 rings (SSSR count). The summed E-state index contributed by atoms with van der Waals surface area (Å²) < 4.78 is 5.67. The molecule has 0 bridgehead atoms. The van der Waals surface area contributed by atoms with Crippen LogP contribution in [0.25, 0.3) is 0 Å². The summed E-state index contributed by atoms with van der Waals surface area (Å²) in [5.41, 5.74) is 3.42. The van der Waals surface area contributed by atoms with E-state index < -0.39 is 0 Å². The Balaban J connectivity index is 2.04. The molecule has 1 fully saturated rings. The topological polar surface area (TPSA) is 47.0 Å². The van der Waals surface area contributed by atoms with Crippen LogP contribution in [0.4, 0.5) is 0 Å². The highest BCUT2D eigenvalue weighted by atomic mass is 16.5. The van der Waals surface area contributed by atoms with Crippen LogP contribution >= 0.6 is 0 Å². The van der Waals surface area contributed by atoms with Gasteiger partial charge in [0.15, 0.2) is 5.82 Å². The molecule has 0 saturated heterocycles. The van der Waals surface area contributed by atoms with Crippen LogP contribution in [0.3, 0.4) is 0 Å². The second kappa shape index (κ2) is 4.03. The number of aryl methyl sites for hydroxylation is 1. The first-order chi connectivity index (χ1) is 8.25. The molecule has 2 aliphatic rings. The van der Waals surface area contributed by atoms with E-state index in [0.29, 0.717) is 0 Å². The fourth-order valence-corrected chi connectivity index (χ4v) is 2.73. The van der Waals surface area contributed by atoms with Crippen molar-refractivity contribution in [3.63, 3.8) is 0 Å². The average molecular weight is 233 g/mol. The van der Waals surface area contributed by atoms with Crippen LogP contribution < -0.4 is 5.32 Å². The largest absolute Gasteiger partial charge is 0.370 e. The van der Waals surface area contributed by atoms with E-state index in [9.17, 15) is 0 Å². The normalized spacial score (nSPS) is 21.8. The zero-order valence-corrected chi connectivity index (χ0v) is 10.5. The molecule has 0 unspecified atom stereocenters. The number of fused-ring (bicyclic) bond motifs is 1. The molecule has 1 aromatic rings. The zero-order chi connectivity index (χ0) is 11.9. The van der Waals surface area contributed by atoms with Gasteiger partial charge in [-0.2, -0.15) is 0 Å². The number of hydrogen-bond donors (Lipinski definition) is 1. The molecule has 1 N–H and O–H groups in total. The number of rotatable bonds is 2. The lowest BCUT2D eigenvalue weighted by molar-refractivity contribution is -0.0849. The molecule has 1 aliphatic carbocycles. The summed E-state index contributed by atoms with van der Waals surface area (Å²) in [7, 11) is 1.78. The molecule has 0 aromatic carbocycles. The van der Waals surface area contributed by atoms with Gasteiger partial charge < -0.3 is 10.1 Å². The fourth-order valence-electron chi connectivity index (χ4n) is 2.73. The van der Waals surface area contributed by atoms with Crippen molar-refractivity contribution in [2.24, 2.45) is 0 Å². The highest BCUT2D eigenvalue weighted by molar-refractivity contribution is 5.29. The summed E-state index contributed by atoms with van der Waals surface area (Å²) >= 11 is 0. The van der Waals surface area contributed by atoms with Crippen LogP contribution in [0.5, 0.6) is 0 Å². The molecule has 0 atom stereocenters. The number of nitrogens with one attached hydrogen (secondary N) is 1. The zero-order valence-electron chi connectivity index (χ0n) is 10.5. The Morgan fingerprint density at radius 3 is 2.76 bits per heavy atom. The van der Waals surface area contributed by atoms with E-state index in [2.05, 4.69) is 17.2 Å². The summed E-state index contributed by atoms with van der Waals surface area (Å²) in [5.74, 6) is 0.907. The molecule has 1 saturated carbocycles. The summed E-state index contributed by atoms with van der Waals surface area (Å²) in [6.45, 7) is 4.00. The predicted octanol–water partition coefficient (Wildman–Crippen LogP) is 1.46. The van der Waals surface area contributed by atoms with Crippen LogP contribution in [0.1, 0.15) is 42.0 Å². The lowest BCUT2D eigenvalue weighted by atomic mass is 9.79. The van der Waals surface area contributed by atoms with Gasteiger partial charge in [0, 0.05) is 37.9 Å². The van der Waals surface area contributed by atoms with Crippen molar-refractivity contribution in [2.45, 2.75) is 44.8 Å². The van der Waals surface area contributed by atoms with Crippen LogP contribution in [0.15, 0.2) is 0 Å². The van der Waals surface area contributed by atoms with E-state index in [1.54, 1.807) is 7.11 Å². The van der Waals surface area contributed by atoms with Gasteiger partial charge in [-0.1, -0.05) is 0 Å². The molecule has 0 amide bonds. The van der Waals surface area contributed by atoms with Crippen molar-refractivity contribution in [1.29, 1.82) is 0 Å². The van der Waals surface area contributed by atoms with E-state index in [4.69, 9.17) is 9.72 Å². The summed E-state index contributed by atoms with van der Waals surface area (Å²) in [6.07, 6.45) is 4.33. The molecular weight excluding hydrogens is 214 g/mol. The maximum atomic E-state index is 5.67. The van der Waals surface area contributed by atoms with Crippen LogP contribution in [-0.4, -0.2) is 23.6 Å². The summed E-state index contributed by atoms with van der Waals surface area (Å²) in [6, 6.07) is 0. The molecule has 0 spiro atoms. The molecule has 1 aliphatic heterocycles. The minimum atomic E-state index is -0.190. The van der Waals surface area contributed by atoms with Crippen LogP contribution in [0.2, 0.25) is 0 Å². The van der Waals surface area contributed by atoms with E-state index in [-0.39, 0.29) is 5.60 Å². The quantitative estimate of drug-likeness (QED) is 0.840. The maximum absolute atomic E-state index is 5.67. The number of nitrogens with zero attached hydrogens (tertiary/aromatic N) is 2. The molecule has 4 nitrogen and oxygen atoms in total. The fraction of sp³-hybridized carbons (Fsp3) is 0.692. The van der Waals surface area contributed by atoms with Gasteiger partial charge in [-0.25, -0.2) is 9.97 Å². The van der Waals surface area contributed by atoms with Crippen molar-refractivity contribution < 1.29 is 4.74 Å². The Kier molecular flexibility index (Phi) is 2.64. The number of aromatic nitrogens is 2. The first kappa shape index (κ1) is 11.1. The van der Waals surface area contributed by atoms with E-state index in [1.165, 1.54) is 17.7 Å². The Morgan fingerprint density at radius 2 is 2.12 bits per heavy atom. The number of methoxy groups -OCH3 is 1. The first-order valence-corrected chi connectivity index (χ1v) is 6.38. The lowest BCUT2D eigenvalue weighted by Gasteiger charge is -2.39. The Bertz CT molecular complexity index is 435. The monoisotopic (exact) mass is 233 g/mol. The first-order valence-electron chi connectivity index (χ1n) is 6.38. The Morgan fingerprint density at radius 1 is 1.29 bits per heavy atom. The highest BCUT2D eigenvalue weighted by Crippen LogP contribution is 2.42.